The number of hydrogen-bond donors (Lipinski definition) is 1. The van der Waals surface area contributed by atoms with Gasteiger partial charge in [0.15, 0.2) is 11.9 Å². The zero-order chi connectivity index (χ0) is 25.2. The molecule has 1 unspecified atom stereocenters. The number of ketones is 1. The third kappa shape index (κ3) is 4.63. The summed E-state index contributed by atoms with van der Waals surface area (Å²) in [6.45, 7) is 1.70. The zero-order valence-corrected chi connectivity index (χ0v) is 20.5. The Bertz CT molecular complexity index is 1450. The molecule has 8 heteroatoms. The average Bonchev–Trinajstić information content (AvgIpc) is 3.59. The fraction of sp³-hybridized carbons (Fsp3) is 0.241. The fourth-order valence-electron chi connectivity index (χ4n) is 4.98. The number of methoxy groups -OCH3 is 1. The molecule has 0 spiro atoms. The molecule has 0 aliphatic carbocycles. The number of fused-ring (bicyclic) bond motifs is 1. The quantitative estimate of drug-likeness (QED) is 0.427. The van der Waals surface area contributed by atoms with Crippen LogP contribution in [0.4, 0.5) is 11.7 Å². The SMILES string of the molecule is CO[C@@H]1CCN(c2ccccc2-c2nnc(NC3N=C(c4ccccc4)c4ccccc4CC3=O)o2)C1. The van der Waals surface area contributed by atoms with Crippen LogP contribution >= 0.6 is 0 Å². The number of carbonyl (C=O) groups excluding carboxylic acids is 1. The van der Waals surface area contributed by atoms with Crippen molar-refractivity contribution in [2.75, 3.05) is 30.4 Å². The Hall–Kier alpha value is -4.30. The molecule has 2 aliphatic rings. The summed E-state index contributed by atoms with van der Waals surface area (Å²) in [5, 5.41) is 11.6. The number of para-hydroxylation sites is 1. The molecule has 186 valence electrons. The minimum Gasteiger partial charge on any atom is -0.403 e. The Balaban J connectivity index is 1.30. The molecule has 1 aromatic heterocycles. The predicted molar refractivity (Wildman–Crippen MR) is 142 cm³/mol. The van der Waals surface area contributed by atoms with Crippen molar-refractivity contribution in [3.63, 3.8) is 0 Å². The lowest BCUT2D eigenvalue weighted by molar-refractivity contribution is -0.119. The van der Waals surface area contributed by atoms with Gasteiger partial charge in [-0.05, 0) is 24.1 Å². The summed E-state index contributed by atoms with van der Waals surface area (Å²) in [5.74, 6) is 0.316. The Morgan fingerprint density at radius 1 is 0.946 bits per heavy atom. The first kappa shape index (κ1) is 23.1. The highest BCUT2D eigenvalue weighted by atomic mass is 16.5. The van der Waals surface area contributed by atoms with Crippen molar-refractivity contribution < 1.29 is 13.9 Å². The van der Waals surface area contributed by atoms with Gasteiger partial charge in [-0.1, -0.05) is 71.8 Å². The molecule has 2 aliphatic heterocycles. The molecular weight excluding hydrogens is 466 g/mol. The number of nitrogens with one attached hydrogen (secondary N) is 1. The fourth-order valence-corrected chi connectivity index (χ4v) is 4.98. The van der Waals surface area contributed by atoms with Gasteiger partial charge in [-0.15, -0.1) is 5.10 Å². The number of aromatic nitrogens is 2. The largest absolute Gasteiger partial charge is 0.403 e. The third-order valence-electron chi connectivity index (χ3n) is 6.89. The number of aliphatic imine (C=N–C) groups is 1. The first-order chi connectivity index (χ1) is 18.2. The third-order valence-corrected chi connectivity index (χ3v) is 6.89. The van der Waals surface area contributed by atoms with Crippen molar-refractivity contribution in [2.24, 2.45) is 4.99 Å². The van der Waals surface area contributed by atoms with E-state index in [-0.39, 0.29) is 24.3 Å². The lowest BCUT2D eigenvalue weighted by Crippen LogP contribution is -2.29. The standard InChI is InChI=1S/C29H27N5O3/c1-36-21-15-16-34(18-21)24-14-8-7-13-23(24)28-32-33-29(37-28)31-27-25(35)17-20-11-5-6-12-22(20)26(30-27)19-9-3-2-4-10-19/h2-14,21,27H,15-18H2,1H3,(H,31,33)/t21-,27?/m1/s1. The van der Waals surface area contributed by atoms with Gasteiger partial charge in [0, 0.05) is 43.4 Å². The summed E-state index contributed by atoms with van der Waals surface area (Å²) in [6.07, 6.45) is 0.574. The van der Waals surface area contributed by atoms with Gasteiger partial charge in [-0.25, -0.2) is 0 Å². The van der Waals surface area contributed by atoms with E-state index >= 15 is 0 Å². The molecule has 3 heterocycles. The van der Waals surface area contributed by atoms with Gasteiger partial charge in [-0.2, -0.15) is 0 Å². The van der Waals surface area contributed by atoms with Gasteiger partial charge in [0.25, 0.3) is 5.89 Å². The molecule has 0 bridgehead atoms. The number of anilines is 2. The lowest BCUT2D eigenvalue weighted by Gasteiger charge is -2.20. The highest BCUT2D eigenvalue weighted by Gasteiger charge is 2.28. The predicted octanol–water partition coefficient (Wildman–Crippen LogP) is 4.36. The molecule has 3 aromatic carbocycles. The van der Waals surface area contributed by atoms with E-state index in [4.69, 9.17) is 14.1 Å². The van der Waals surface area contributed by atoms with Gasteiger partial charge >= 0.3 is 6.01 Å². The van der Waals surface area contributed by atoms with Gasteiger partial charge in [-0.3, -0.25) is 9.79 Å². The van der Waals surface area contributed by atoms with Crippen molar-refractivity contribution in [1.82, 2.24) is 10.2 Å². The molecule has 8 nitrogen and oxygen atoms in total. The van der Waals surface area contributed by atoms with Crippen LogP contribution < -0.4 is 10.2 Å². The number of Topliss-reactive ketones (excluding diaryl/α,β-unsaturated/α-hetero) is 1. The van der Waals surface area contributed by atoms with E-state index in [1.54, 1.807) is 7.11 Å². The second-order valence-corrected chi connectivity index (χ2v) is 9.21. The molecule has 0 radical (unpaired) electrons. The number of ether oxygens (including phenoxy) is 1. The topological polar surface area (TPSA) is 92.9 Å². The van der Waals surface area contributed by atoms with E-state index in [0.29, 0.717) is 5.89 Å². The second kappa shape index (κ2) is 9.99. The van der Waals surface area contributed by atoms with Gasteiger partial charge in [0.2, 0.25) is 0 Å². The average molecular weight is 494 g/mol. The van der Waals surface area contributed by atoms with E-state index < -0.39 is 6.17 Å². The van der Waals surface area contributed by atoms with Gasteiger partial charge < -0.3 is 19.4 Å². The molecular formula is C29H27N5O3. The molecule has 1 saturated heterocycles. The highest BCUT2D eigenvalue weighted by Crippen LogP contribution is 2.33. The van der Waals surface area contributed by atoms with Crippen molar-refractivity contribution in [1.29, 1.82) is 0 Å². The maximum atomic E-state index is 13.2. The van der Waals surface area contributed by atoms with E-state index in [2.05, 4.69) is 20.4 Å². The molecule has 37 heavy (non-hydrogen) atoms. The van der Waals surface area contributed by atoms with Crippen molar-refractivity contribution >= 4 is 23.2 Å². The molecule has 4 aromatic rings. The minimum atomic E-state index is -0.854. The van der Waals surface area contributed by atoms with E-state index in [1.807, 2.05) is 78.9 Å². The molecule has 1 N–H and O–H groups in total. The number of nitrogens with zero attached hydrogens (tertiary/aromatic N) is 4. The van der Waals surface area contributed by atoms with Crippen LogP contribution in [0, 0.1) is 0 Å². The number of rotatable bonds is 6. The summed E-state index contributed by atoms with van der Waals surface area (Å²) >= 11 is 0. The van der Waals surface area contributed by atoms with E-state index in [1.165, 1.54) is 0 Å². The maximum absolute atomic E-state index is 13.2. The molecule has 6 rings (SSSR count). The zero-order valence-electron chi connectivity index (χ0n) is 20.5. The van der Waals surface area contributed by atoms with E-state index in [0.717, 1.165) is 53.2 Å². The van der Waals surface area contributed by atoms with Gasteiger partial charge in [0.05, 0.1) is 17.4 Å². The van der Waals surface area contributed by atoms with Gasteiger partial charge in [0.1, 0.15) is 0 Å². The Labute approximate surface area is 215 Å². The van der Waals surface area contributed by atoms with Crippen molar-refractivity contribution in [2.45, 2.75) is 25.1 Å². The first-order valence-electron chi connectivity index (χ1n) is 12.4. The van der Waals surface area contributed by atoms with Crippen molar-refractivity contribution in [3.05, 3.63) is 95.6 Å². The van der Waals surface area contributed by atoms with Crippen LogP contribution in [0.2, 0.25) is 0 Å². The van der Waals surface area contributed by atoms with Crippen LogP contribution in [0.15, 0.2) is 88.3 Å². The van der Waals surface area contributed by atoms with Crippen molar-refractivity contribution in [3.8, 4) is 11.5 Å². The van der Waals surface area contributed by atoms with Crippen LogP contribution in [-0.4, -0.2) is 54.2 Å². The Kier molecular flexibility index (Phi) is 6.24. The molecule has 2 atom stereocenters. The number of carbonyl (C=O) groups is 1. The Morgan fingerprint density at radius 3 is 2.51 bits per heavy atom. The van der Waals surface area contributed by atoms with Crippen LogP contribution in [-0.2, 0) is 16.0 Å². The second-order valence-electron chi connectivity index (χ2n) is 9.21. The summed E-state index contributed by atoms with van der Waals surface area (Å²) in [5.41, 5.74) is 5.45. The molecule has 0 amide bonds. The minimum absolute atomic E-state index is 0.0683. The monoisotopic (exact) mass is 493 g/mol. The smallest absolute Gasteiger partial charge is 0.317 e. The first-order valence-corrected chi connectivity index (χ1v) is 12.4. The summed E-state index contributed by atoms with van der Waals surface area (Å²) in [6, 6.07) is 25.9. The Morgan fingerprint density at radius 2 is 1.70 bits per heavy atom. The lowest BCUT2D eigenvalue weighted by atomic mass is 9.96. The summed E-state index contributed by atoms with van der Waals surface area (Å²) in [4.78, 5) is 20.4. The van der Waals surface area contributed by atoms with Crippen LogP contribution in [0.1, 0.15) is 23.1 Å². The molecule has 0 saturated carbocycles. The van der Waals surface area contributed by atoms with Crippen LogP contribution in [0.3, 0.4) is 0 Å². The number of benzene rings is 3. The van der Waals surface area contributed by atoms with Crippen LogP contribution in [0.25, 0.3) is 11.5 Å². The normalized spacial score (nSPS) is 19.3. The summed E-state index contributed by atoms with van der Waals surface area (Å²) in [7, 11) is 1.75. The molecule has 1 fully saturated rings. The van der Waals surface area contributed by atoms with E-state index in [9.17, 15) is 4.79 Å². The maximum Gasteiger partial charge on any atom is 0.317 e. The number of hydrogen-bond acceptors (Lipinski definition) is 8. The summed E-state index contributed by atoms with van der Waals surface area (Å²) < 4.78 is 11.6. The van der Waals surface area contributed by atoms with Crippen LogP contribution in [0.5, 0.6) is 0 Å². The highest BCUT2D eigenvalue weighted by molar-refractivity contribution is 6.16.